The highest BCUT2D eigenvalue weighted by molar-refractivity contribution is 7.89. The summed E-state index contributed by atoms with van der Waals surface area (Å²) < 4.78 is 28.0. The van der Waals surface area contributed by atoms with Crippen LogP contribution in [0.5, 0.6) is 0 Å². The fourth-order valence-corrected chi connectivity index (χ4v) is 5.03. The maximum Gasteiger partial charge on any atom is 0.265 e. The Bertz CT molecular complexity index is 1380. The van der Waals surface area contributed by atoms with Gasteiger partial charge in [-0.15, -0.1) is 11.3 Å². The largest absolute Gasteiger partial charge is 0.321 e. The van der Waals surface area contributed by atoms with Gasteiger partial charge in [0.2, 0.25) is 10.0 Å². The molecule has 154 valence electrons. The average Bonchev–Trinajstić information content (AvgIpc) is 3.29. The Morgan fingerprint density at radius 1 is 1.13 bits per heavy atom. The summed E-state index contributed by atoms with van der Waals surface area (Å²) in [5.74, 6) is -0.327. The van der Waals surface area contributed by atoms with Gasteiger partial charge >= 0.3 is 0 Å². The molecule has 0 bridgehead atoms. The van der Waals surface area contributed by atoms with Crippen molar-refractivity contribution in [3.05, 3.63) is 70.2 Å². The van der Waals surface area contributed by atoms with Crippen LogP contribution in [0.25, 0.3) is 15.9 Å². The summed E-state index contributed by atoms with van der Waals surface area (Å²) in [4.78, 5) is 14.2. The summed E-state index contributed by atoms with van der Waals surface area (Å²) in [5.41, 5.74) is 1.99. The minimum atomic E-state index is -3.60. The molecule has 7 nitrogen and oxygen atoms in total. The van der Waals surface area contributed by atoms with Gasteiger partial charge in [0.1, 0.15) is 4.83 Å². The van der Waals surface area contributed by atoms with Crippen molar-refractivity contribution in [2.75, 3.05) is 12.4 Å². The van der Waals surface area contributed by atoms with Gasteiger partial charge in [-0.1, -0.05) is 23.7 Å². The molecule has 2 N–H and O–H groups in total. The Morgan fingerprint density at radius 3 is 2.63 bits per heavy atom. The molecule has 0 spiro atoms. The molecule has 0 saturated carbocycles. The van der Waals surface area contributed by atoms with E-state index < -0.39 is 10.0 Å². The number of carbonyl (C=O) groups is 1. The van der Waals surface area contributed by atoms with Crippen molar-refractivity contribution in [2.24, 2.45) is 0 Å². The smallest absolute Gasteiger partial charge is 0.265 e. The van der Waals surface area contributed by atoms with Gasteiger partial charge in [0.05, 0.1) is 21.2 Å². The number of carbonyl (C=O) groups excluding carboxylic acids is 1. The predicted octanol–water partition coefficient (Wildman–Crippen LogP) is 4.21. The number of nitrogens with zero attached hydrogens (tertiary/aromatic N) is 2. The minimum Gasteiger partial charge on any atom is -0.321 e. The molecule has 4 aromatic rings. The Labute approximate surface area is 182 Å². The van der Waals surface area contributed by atoms with Crippen LogP contribution >= 0.6 is 22.9 Å². The molecule has 0 saturated heterocycles. The molecule has 1 amide bonds. The first kappa shape index (κ1) is 20.5. The first-order valence-corrected chi connectivity index (χ1v) is 11.6. The zero-order chi connectivity index (χ0) is 21.5. The van der Waals surface area contributed by atoms with Crippen molar-refractivity contribution in [3.8, 4) is 5.69 Å². The van der Waals surface area contributed by atoms with Crippen molar-refractivity contribution >= 4 is 54.8 Å². The number of aryl methyl sites for hydroxylation is 1. The number of thiophene rings is 1. The summed E-state index contributed by atoms with van der Waals surface area (Å²) in [7, 11) is -2.26. The van der Waals surface area contributed by atoms with E-state index in [1.807, 2.05) is 19.1 Å². The number of fused-ring (bicyclic) bond motifs is 1. The first-order valence-electron chi connectivity index (χ1n) is 8.88. The van der Waals surface area contributed by atoms with Crippen LogP contribution in [-0.4, -0.2) is 31.2 Å². The van der Waals surface area contributed by atoms with Gasteiger partial charge in [-0.2, -0.15) is 5.10 Å². The highest BCUT2D eigenvalue weighted by Crippen LogP contribution is 2.31. The Hall–Kier alpha value is -2.72. The van der Waals surface area contributed by atoms with Crippen LogP contribution in [0.3, 0.4) is 0 Å². The number of hydrogen-bond acceptors (Lipinski definition) is 5. The van der Waals surface area contributed by atoms with Crippen molar-refractivity contribution in [3.63, 3.8) is 0 Å². The molecule has 0 unspecified atom stereocenters. The SMILES string of the molecule is CNS(=O)(=O)c1cccc(NC(=O)c2cc3c(C)nn(-c4cccc(Cl)c4)c3s2)c1. The predicted molar refractivity (Wildman–Crippen MR) is 119 cm³/mol. The molecule has 0 aliphatic heterocycles. The second-order valence-corrected chi connectivity index (χ2v) is 9.85. The van der Waals surface area contributed by atoms with Crippen LogP contribution in [-0.2, 0) is 10.0 Å². The summed E-state index contributed by atoms with van der Waals surface area (Å²) in [6.45, 7) is 1.88. The molecule has 0 aliphatic rings. The maximum absolute atomic E-state index is 12.8. The minimum absolute atomic E-state index is 0.0755. The summed E-state index contributed by atoms with van der Waals surface area (Å²) in [6, 6.07) is 15.2. The quantitative estimate of drug-likeness (QED) is 0.466. The van der Waals surface area contributed by atoms with Crippen LogP contribution < -0.4 is 10.0 Å². The van der Waals surface area contributed by atoms with Gasteiger partial charge in [-0.25, -0.2) is 17.8 Å². The molecule has 2 aromatic carbocycles. The molecule has 0 atom stereocenters. The molecule has 2 aromatic heterocycles. The Morgan fingerprint density at radius 2 is 1.90 bits per heavy atom. The van der Waals surface area contributed by atoms with E-state index in [4.69, 9.17) is 11.6 Å². The molecule has 10 heteroatoms. The van der Waals surface area contributed by atoms with Gasteiger partial charge in [0.15, 0.2) is 0 Å². The number of sulfonamides is 1. The third-order valence-corrected chi connectivity index (χ3v) is 7.25. The second-order valence-electron chi connectivity index (χ2n) is 6.50. The van der Waals surface area contributed by atoms with Gasteiger partial charge in [0.25, 0.3) is 5.91 Å². The zero-order valence-electron chi connectivity index (χ0n) is 16.0. The fourth-order valence-electron chi connectivity index (χ4n) is 2.99. The first-order chi connectivity index (χ1) is 14.3. The summed E-state index contributed by atoms with van der Waals surface area (Å²) >= 11 is 7.41. The highest BCUT2D eigenvalue weighted by atomic mass is 35.5. The zero-order valence-corrected chi connectivity index (χ0v) is 18.4. The van der Waals surface area contributed by atoms with E-state index in [0.717, 1.165) is 21.6 Å². The van der Waals surface area contributed by atoms with E-state index in [1.165, 1.54) is 30.5 Å². The maximum atomic E-state index is 12.8. The summed E-state index contributed by atoms with van der Waals surface area (Å²) in [6.07, 6.45) is 0. The van der Waals surface area contributed by atoms with Crippen LogP contribution in [0, 0.1) is 6.92 Å². The Kier molecular flexibility index (Phi) is 5.37. The molecule has 0 aliphatic carbocycles. The van der Waals surface area contributed by atoms with Crippen molar-refractivity contribution in [1.82, 2.24) is 14.5 Å². The monoisotopic (exact) mass is 460 g/mol. The molecule has 4 rings (SSSR count). The van der Waals surface area contributed by atoms with Crippen molar-refractivity contribution in [2.45, 2.75) is 11.8 Å². The number of amides is 1. The lowest BCUT2D eigenvalue weighted by Crippen LogP contribution is -2.19. The third-order valence-electron chi connectivity index (χ3n) is 4.49. The number of rotatable bonds is 5. The topological polar surface area (TPSA) is 93.1 Å². The van der Waals surface area contributed by atoms with Crippen LogP contribution in [0.1, 0.15) is 15.4 Å². The van der Waals surface area contributed by atoms with Crippen LogP contribution in [0.2, 0.25) is 5.02 Å². The number of hydrogen-bond donors (Lipinski definition) is 2. The van der Waals surface area contributed by atoms with Crippen molar-refractivity contribution in [1.29, 1.82) is 0 Å². The number of halogens is 1. The van der Waals surface area contributed by atoms with Gasteiger partial charge < -0.3 is 5.32 Å². The lowest BCUT2D eigenvalue weighted by atomic mass is 10.3. The number of benzene rings is 2. The molecular formula is C20H17ClN4O3S2. The average molecular weight is 461 g/mol. The van der Waals surface area contributed by atoms with E-state index in [9.17, 15) is 13.2 Å². The molecular weight excluding hydrogens is 444 g/mol. The number of nitrogens with one attached hydrogen (secondary N) is 2. The van der Waals surface area contributed by atoms with E-state index in [-0.39, 0.29) is 10.8 Å². The fraction of sp³-hybridized carbons (Fsp3) is 0.100. The lowest BCUT2D eigenvalue weighted by molar-refractivity contribution is 0.103. The van der Waals surface area contributed by atoms with Gasteiger partial charge in [0, 0.05) is 16.1 Å². The van der Waals surface area contributed by atoms with Crippen LogP contribution in [0.4, 0.5) is 5.69 Å². The van der Waals surface area contributed by atoms with E-state index >= 15 is 0 Å². The molecule has 0 radical (unpaired) electrons. The number of anilines is 1. The second kappa shape index (κ2) is 7.84. The van der Waals surface area contributed by atoms with E-state index in [2.05, 4.69) is 15.1 Å². The molecule has 0 fully saturated rings. The van der Waals surface area contributed by atoms with E-state index in [0.29, 0.717) is 15.6 Å². The Balaban J connectivity index is 1.67. The van der Waals surface area contributed by atoms with Crippen molar-refractivity contribution < 1.29 is 13.2 Å². The lowest BCUT2D eigenvalue weighted by Gasteiger charge is -2.07. The van der Waals surface area contributed by atoms with Crippen LogP contribution in [0.15, 0.2) is 59.5 Å². The highest BCUT2D eigenvalue weighted by Gasteiger charge is 2.18. The van der Waals surface area contributed by atoms with Gasteiger partial charge in [-0.05, 0) is 56.4 Å². The molecule has 2 heterocycles. The van der Waals surface area contributed by atoms with Gasteiger partial charge in [-0.3, -0.25) is 4.79 Å². The third kappa shape index (κ3) is 3.84. The molecule has 30 heavy (non-hydrogen) atoms. The standard InChI is InChI=1S/C20H17ClN4O3S2/c1-12-17-11-18(29-20(17)25(24-12)15-7-3-5-13(21)9-15)19(26)23-14-6-4-8-16(10-14)30(27,28)22-2/h3-11,22H,1-2H3,(H,23,26). The number of aromatic nitrogens is 2. The normalized spacial score (nSPS) is 11.7. The summed E-state index contributed by atoms with van der Waals surface area (Å²) in [5, 5.41) is 8.79. The van der Waals surface area contributed by atoms with E-state index in [1.54, 1.807) is 35.0 Å².